The highest BCUT2D eigenvalue weighted by Gasteiger charge is 2.06. The zero-order valence-electron chi connectivity index (χ0n) is 10.9. The van der Waals surface area contributed by atoms with Crippen molar-refractivity contribution in [2.75, 3.05) is 14.2 Å². The lowest BCUT2D eigenvalue weighted by atomic mass is 10.2. The van der Waals surface area contributed by atoms with Gasteiger partial charge >= 0.3 is 0 Å². The van der Waals surface area contributed by atoms with E-state index in [-0.39, 0.29) is 0 Å². The smallest absolute Gasteiger partial charge is 0.134 e. The molecule has 0 heterocycles. The average molecular weight is 323 g/mol. The third-order valence-corrected chi connectivity index (χ3v) is 3.33. The standard InChI is InChI=1S/C15H15BrO3/c1-17-12-7-8-15(13(16)9-12)19-10-11-5-3-4-6-14(11)18-2/h3-9H,10H2,1-2H3. The van der Waals surface area contributed by atoms with Gasteiger partial charge in [0.2, 0.25) is 0 Å². The van der Waals surface area contributed by atoms with Crippen molar-refractivity contribution in [3.63, 3.8) is 0 Å². The molecule has 3 nitrogen and oxygen atoms in total. The summed E-state index contributed by atoms with van der Waals surface area (Å²) in [5.41, 5.74) is 1.01. The summed E-state index contributed by atoms with van der Waals surface area (Å²) < 4.78 is 17.1. The Morgan fingerprint density at radius 2 is 1.74 bits per heavy atom. The summed E-state index contributed by atoms with van der Waals surface area (Å²) in [6, 6.07) is 13.4. The van der Waals surface area contributed by atoms with Gasteiger partial charge in [-0.3, -0.25) is 0 Å². The Balaban J connectivity index is 2.10. The molecule has 4 heteroatoms. The van der Waals surface area contributed by atoms with Gasteiger partial charge in [-0.05, 0) is 40.2 Å². The molecule has 0 atom stereocenters. The van der Waals surface area contributed by atoms with Gasteiger partial charge in [-0.15, -0.1) is 0 Å². The Morgan fingerprint density at radius 3 is 2.42 bits per heavy atom. The van der Waals surface area contributed by atoms with E-state index in [0.717, 1.165) is 27.3 Å². The fourth-order valence-electron chi connectivity index (χ4n) is 1.70. The van der Waals surface area contributed by atoms with Crippen LogP contribution in [-0.2, 0) is 6.61 Å². The van der Waals surface area contributed by atoms with Crippen molar-refractivity contribution >= 4 is 15.9 Å². The molecule has 100 valence electrons. The molecule has 0 N–H and O–H groups in total. The Bertz CT molecular complexity index is 555. The van der Waals surface area contributed by atoms with E-state index in [9.17, 15) is 0 Å². The van der Waals surface area contributed by atoms with Crippen molar-refractivity contribution in [1.29, 1.82) is 0 Å². The predicted octanol–water partition coefficient (Wildman–Crippen LogP) is 4.05. The molecule has 0 aliphatic carbocycles. The highest BCUT2D eigenvalue weighted by atomic mass is 79.9. The maximum atomic E-state index is 5.78. The molecule has 0 saturated heterocycles. The van der Waals surface area contributed by atoms with Gasteiger partial charge in [0.25, 0.3) is 0 Å². The van der Waals surface area contributed by atoms with Crippen LogP contribution >= 0.6 is 15.9 Å². The number of ether oxygens (including phenoxy) is 3. The van der Waals surface area contributed by atoms with Crippen LogP contribution in [0, 0.1) is 0 Å². The van der Waals surface area contributed by atoms with Gasteiger partial charge in [0.15, 0.2) is 0 Å². The third kappa shape index (κ3) is 3.41. The summed E-state index contributed by atoms with van der Waals surface area (Å²) in [7, 11) is 3.29. The van der Waals surface area contributed by atoms with Crippen LogP contribution in [0.3, 0.4) is 0 Å². The SMILES string of the molecule is COc1ccc(OCc2ccccc2OC)c(Br)c1. The van der Waals surface area contributed by atoms with Crippen LogP contribution in [0.4, 0.5) is 0 Å². The molecule has 0 aliphatic heterocycles. The maximum Gasteiger partial charge on any atom is 0.134 e. The normalized spacial score (nSPS) is 10.1. The minimum Gasteiger partial charge on any atom is -0.497 e. The topological polar surface area (TPSA) is 27.7 Å². The summed E-state index contributed by atoms with van der Waals surface area (Å²) in [5, 5.41) is 0. The van der Waals surface area contributed by atoms with Crippen LogP contribution < -0.4 is 14.2 Å². The molecule has 0 spiro atoms. The van der Waals surface area contributed by atoms with E-state index < -0.39 is 0 Å². The number of benzene rings is 2. The van der Waals surface area contributed by atoms with Crippen molar-refractivity contribution in [1.82, 2.24) is 0 Å². The van der Waals surface area contributed by atoms with Crippen LogP contribution in [-0.4, -0.2) is 14.2 Å². The van der Waals surface area contributed by atoms with E-state index in [0.29, 0.717) is 6.61 Å². The predicted molar refractivity (Wildman–Crippen MR) is 78.0 cm³/mol. The molecule has 19 heavy (non-hydrogen) atoms. The largest absolute Gasteiger partial charge is 0.497 e. The van der Waals surface area contributed by atoms with Crippen LogP contribution in [0.15, 0.2) is 46.9 Å². The van der Waals surface area contributed by atoms with Crippen molar-refractivity contribution in [3.05, 3.63) is 52.5 Å². The summed E-state index contributed by atoms with van der Waals surface area (Å²) in [5.74, 6) is 2.38. The van der Waals surface area contributed by atoms with Crippen molar-refractivity contribution in [2.24, 2.45) is 0 Å². The first-order valence-electron chi connectivity index (χ1n) is 5.83. The molecule has 2 aromatic rings. The highest BCUT2D eigenvalue weighted by molar-refractivity contribution is 9.10. The number of para-hydroxylation sites is 1. The first-order chi connectivity index (χ1) is 9.24. The second kappa shape index (κ2) is 6.48. The van der Waals surface area contributed by atoms with E-state index in [1.807, 2.05) is 42.5 Å². The van der Waals surface area contributed by atoms with Crippen molar-refractivity contribution < 1.29 is 14.2 Å². The first kappa shape index (κ1) is 13.7. The number of hydrogen-bond acceptors (Lipinski definition) is 3. The molecular weight excluding hydrogens is 308 g/mol. The van der Waals surface area contributed by atoms with Crippen LogP contribution in [0.1, 0.15) is 5.56 Å². The van der Waals surface area contributed by atoms with Gasteiger partial charge in [-0.1, -0.05) is 18.2 Å². The van der Waals surface area contributed by atoms with Crippen LogP contribution in [0.2, 0.25) is 0 Å². The van der Waals surface area contributed by atoms with Crippen LogP contribution in [0.25, 0.3) is 0 Å². The summed E-state index contributed by atoms with van der Waals surface area (Å²) in [6.07, 6.45) is 0. The fraction of sp³-hybridized carbons (Fsp3) is 0.200. The lowest BCUT2D eigenvalue weighted by Crippen LogP contribution is -1.99. The highest BCUT2D eigenvalue weighted by Crippen LogP contribution is 2.30. The Morgan fingerprint density at radius 1 is 0.947 bits per heavy atom. The van der Waals surface area contributed by atoms with E-state index >= 15 is 0 Å². The van der Waals surface area contributed by atoms with Gasteiger partial charge in [0.05, 0.1) is 18.7 Å². The second-order valence-electron chi connectivity index (χ2n) is 3.90. The van der Waals surface area contributed by atoms with Gasteiger partial charge in [0.1, 0.15) is 23.9 Å². The maximum absolute atomic E-state index is 5.78. The summed E-state index contributed by atoms with van der Waals surface area (Å²) in [6.45, 7) is 0.453. The lowest BCUT2D eigenvalue weighted by molar-refractivity contribution is 0.294. The quantitative estimate of drug-likeness (QED) is 0.831. The molecule has 0 amide bonds. The molecule has 0 radical (unpaired) electrons. The van der Waals surface area contributed by atoms with Crippen LogP contribution in [0.5, 0.6) is 17.2 Å². The zero-order chi connectivity index (χ0) is 13.7. The van der Waals surface area contributed by atoms with Gasteiger partial charge in [0, 0.05) is 5.56 Å². The third-order valence-electron chi connectivity index (χ3n) is 2.71. The number of methoxy groups -OCH3 is 2. The Labute approximate surface area is 121 Å². The van der Waals surface area contributed by atoms with E-state index in [2.05, 4.69) is 15.9 Å². The lowest BCUT2D eigenvalue weighted by Gasteiger charge is -2.11. The van der Waals surface area contributed by atoms with Gasteiger partial charge in [-0.25, -0.2) is 0 Å². The molecule has 0 aliphatic rings. The summed E-state index contributed by atoms with van der Waals surface area (Å²) >= 11 is 3.46. The van der Waals surface area contributed by atoms with E-state index in [4.69, 9.17) is 14.2 Å². The zero-order valence-corrected chi connectivity index (χ0v) is 12.4. The molecule has 0 fully saturated rings. The molecule has 0 bridgehead atoms. The minimum atomic E-state index is 0.453. The average Bonchev–Trinajstić information content (AvgIpc) is 2.46. The second-order valence-corrected chi connectivity index (χ2v) is 4.75. The van der Waals surface area contributed by atoms with E-state index in [1.165, 1.54) is 0 Å². The van der Waals surface area contributed by atoms with Crippen molar-refractivity contribution in [2.45, 2.75) is 6.61 Å². The minimum absolute atomic E-state index is 0.453. The molecular formula is C15H15BrO3. The monoisotopic (exact) mass is 322 g/mol. The first-order valence-corrected chi connectivity index (χ1v) is 6.62. The fourth-order valence-corrected chi connectivity index (χ4v) is 2.18. The number of rotatable bonds is 5. The molecule has 2 rings (SSSR count). The number of hydrogen-bond donors (Lipinski definition) is 0. The molecule has 0 aromatic heterocycles. The molecule has 0 saturated carbocycles. The van der Waals surface area contributed by atoms with E-state index in [1.54, 1.807) is 14.2 Å². The van der Waals surface area contributed by atoms with Crippen molar-refractivity contribution in [3.8, 4) is 17.2 Å². The molecule has 2 aromatic carbocycles. The summed E-state index contributed by atoms with van der Waals surface area (Å²) in [4.78, 5) is 0. The molecule has 0 unspecified atom stereocenters. The van der Waals surface area contributed by atoms with Gasteiger partial charge < -0.3 is 14.2 Å². The number of halogens is 1. The Kier molecular flexibility index (Phi) is 4.68. The van der Waals surface area contributed by atoms with Gasteiger partial charge in [-0.2, -0.15) is 0 Å². The Hall–Kier alpha value is -1.68.